The number of aliphatic hydroxyl groups excluding tert-OH is 1. The number of halogens is 2. The van der Waals surface area contributed by atoms with Crippen LogP contribution in [0.2, 0.25) is 0 Å². The van der Waals surface area contributed by atoms with Gasteiger partial charge in [-0.3, -0.25) is 0 Å². The largest absolute Gasteiger partial charge is 0.473 e. The van der Waals surface area contributed by atoms with Gasteiger partial charge in [0.15, 0.2) is 24.1 Å². The number of anilines is 2. The number of benzene rings is 2. The zero-order chi connectivity index (χ0) is 25.3. The molecule has 2 aromatic carbocycles. The van der Waals surface area contributed by atoms with Gasteiger partial charge in [0, 0.05) is 35.0 Å². The Kier molecular flexibility index (Phi) is 6.19. The van der Waals surface area contributed by atoms with Crippen molar-refractivity contribution in [3.63, 3.8) is 0 Å². The van der Waals surface area contributed by atoms with Gasteiger partial charge in [0.25, 0.3) is 6.02 Å². The molecule has 10 heteroatoms. The first kappa shape index (κ1) is 23.6. The standard InChI is InChI=1S/C26H24F2N4O4/c1-15-17-5-3-4-6-20(17)35-14-31-24-22(15)21(7-8-29-24)36-23-18(27)9-16(10-19(23)28)32-25-30-11-26(2,12-33)13-34-25/h3-10,33H,1,11-14H2,2H3,(H,29,31)(H,30,32). The molecular weight excluding hydrogens is 470 g/mol. The van der Waals surface area contributed by atoms with E-state index in [9.17, 15) is 5.11 Å². The van der Waals surface area contributed by atoms with Gasteiger partial charge >= 0.3 is 0 Å². The van der Waals surface area contributed by atoms with Crippen molar-refractivity contribution in [3.05, 3.63) is 78.0 Å². The molecule has 3 aromatic rings. The number of nitrogens with zero attached hydrogens (tertiary/aromatic N) is 2. The van der Waals surface area contributed by atoms with Gasteiger partial charge in [-0.1, -0.05) is 31.7 Å². The molecule has 2 aliphatic rings. The first-order chi connectivity index (χ1) is 17.4. The van der Waals surface area contributed by atoms with Gasteiger partial charge in [0.2, 0.25) is 0 Å². The van der Waals surface area contributed by atoms with Crippen molar-refractivity contribution >= 4 is 23.1 Å². The number of ether oxygens (including phenoxy) is 3. The van der Waals surface area contributed by atoms with Crippen LogP contribution in [0.1, 0.15) is 18.1 Å². The summed E-state index contributed by atoms with van der Waals surface area (Å²) in [5.74, 6) is -1.23. The Balaban J connectivity index is 1.43. The molecule has 8 nitrogen and oxygen atoms in total. The third-order valence-electron chi connectivity index (χ3n) is 5.90. The number of aromatic nitrogens is 1. The highest BCUT2D eigenvalue weighted by atomic mass is 19.1. The maximum Gasteiger partial charge on any atom is 0.289 e. The first-order valence-corrected chi connectivity index (χ1v) is 11.2. The van der Waals surface area contributed by atoms with Crippen LogP contribution in [0.25, 0.3) is 5.57 Å². The second kappa shape index (κ2) is 9.46. The van der Waals surface area contributed by atoms with Crippen molar-refractivity contribution in [3.8, 4) is 17.2 Å². The summed E-state index contributed by atoms with van der Waals surface area (Å²) in [7, 11) is 0. The highest BCUT2D eigenvalue weighted by molar-refractivity contribution is 5.90. The Labute approximate surface area is 206 Å². The molecule has 0 amide bonds. The average Bonchev–Trinajstić information content (AvgIpc) is 2.87. The van der Waals surface area contributed by atoms with Crippen LogP contribution in [0.4, 0.5) is 20.3 Å². The first-order valence-electron chi connectivity index (χ1n) is 11.2. The molecule has 2 aliphatic heterocycles. The Morgan fingerprint density at radius 1 is 1.19 bits per heavy atom. The van der Waals surface area contributed by atoms with E-state index >= 15 is 8.78 Å². The van der Waals surface area contributed by atoms with Gasteiger partial charge in [-0.05, 0) is 17.7 Å². The Bertz CT molecular complexity index is 1340. The minimum absolute atomic E-state index is 0.0850. The normalized spacial score (nSPS) is 18.8. The predicted molar refractivity (Wildman–Crippen MR) is 131 cm³/mol. The molecule has 0 fully saturated rings. The van der Waals surface area contributed by atoms with Crippen LogP contribution in [0.3, 0.4) is 0 Å². The summed E-state index contributed by atoms with van der Waals surface area (Å²) in [5.41, 5.74) is 1.31. The fourth-order valence-corrected chi connectivity index (χ4v) is 3.84. The average molecular weight is 494 g/mol. The van der Waals surface area contributed by atoms with E-state index in [1.54, 1.807) is 6.07 Å². The van der Waals surface area contributed by atoms with E-state index in [1.807, 2.05) is 25.1 Å². The number of rotatable bonds is 4. The number of fused-ring (bicyclic) bond motifs is 2. The molecule has 0 spiro atoms. The van der Waals surface area contributed by atoms with Crippen molar-refractivity contribution in [2.24, 2.45) is 10.4 Å². The Hall–Kier alpha value is -4.18. The molecule has 0 bridgehead atoms. The highest BCUT2D eigenvalue weighted by Gasteiger charge is 2.29. The molecule has 1 aromatic heterocycles. The molecular formula is C26H24F2N4O4. The van der Waals surface area contributed by atoms with E-state index < -0.39 is 22.8 Å². The maximum absolute atomic E-state index is 15.0. The van der Waals surface area contributed by atoms with Gasteiger partial charge in [0.05, 0.1) is 18.7 Å². The lowest BCUT2D eigenvalue weighted by Crippen LogP contribution is -2.38. The molecule has 36 heavy (non-hydrogen) atoms. The molecule has 0 saturated heterocycles. The molecule has 1 unspecified atom stereocenters. The van der Waals surface area contributed by atoms with E-state index in [1.165, 1.54) is 12.3 Å². The summed E-state index contributed by atoms with van der Waals surface area (Å²) in [5, 5.41) is 15.2. The number of para-hydroxylation sites is 1. The number of aliphatic imine (C=N–C) groups is 1. The lowest BCUT2D eigenvalue weighted by Gasteiger charge is -2.30. The van der Waals surface area contributed by atoms with Crippen molar-refractivity contribution in [2.45, 2.75) is 6.92 Å². The lowest BCUT2D eigenvalue weighted by atomic mass is 9.93. The van der Waals surface area contributed by atoms with Crippen LogP contribution in [0, 0.1) is 17.0 Å². The van der Waals surface area contributed by atoms with Crippen molar-refractivity contribution in [1.82, 2.24) is 4.98 Å². The van der Waals surface area contributed by atoms with Gasteiger partial charge in [-0.2, -0.15) is 0 Å². The lowest BCUT2D eigenvalue weighted by molar-refractivity contribution is 0.0706. The third-order valence-corrected chi connectivity index (χ3v) is 5.90. The summed E-state index contributed by atoms with van der Waals surface area (Å²) < 4.78 is 47.1. The van der Waals surface area contributed by atoms with E-state index in [0.717, 1.165) is 12.1 Å². The van der Waals surface area contributed by atoms with Crippen LogP contribution < -0.4 is 20.1 Å². The summed E-state index contributed by atoms with van der Waals surface area (Å²) in [6, 6.07) is 11.1. The van der Waals surface area contributed by atoms with E-state index in [4.69, 9.17) is 14.2 Å². The van der Waals surface area contributed by atoms with Gasteiger partial charge in [0.1, 0.15) is 23.9 Å². The fraction of sp³-hybridized carbons (Fsp3) is 0.231. The topological polar surface area (TPSA) is 97.2 Å². The minimum Gasteiger partial charge on any atom is -0.473 e. The van der Waals surface area contributed by atoms with Gasteiger partial charge < -0.3 is 30.0 Å². The van der Waals surface area contributed by atoms with Crippen molar-refractivity contribution < 1.29 is 28.1 Å². The van der Waals surface area contributed by atoms with E-state index in [2.05, 4.69) is 27.2 Å². The van der Waals surface area contributed by atoms with Crippen LogP contribution >= 0.6 is 0 Å². The molecule has 0 saturated carbocycles. The number of nitrogens with one attached hydrogen (secondary N) is 2. The molecule has 0 radical (unpaired) electrons. The van der Waals surface area contributed by atoms with Crippen molar-refractivity contribution in [2.75, 3.05) is 37.1 Å². The number of aliphatic hydroxyl groups is 1. The summed E-state index contributed by atoms with van der Waals surface area (Å²) in [6.07, 6.45) is 1.46. The SMILES string of the molecule is C=C1c2ccccc2OCNc2nccc(Oc3c(F)cc(NC4=NCC(C)(CO)CO4)cc3F)c21. The molecule has 3 heterocycles. The van der Waals surface area contributed by atoms with Crippen LogP contribution in [-0.4, -0.2) is 42.6 Å². The van der Waals surface area contributed by atoms with Crippen LogP contribution in [-0.2, 0) is 4.74 Å². The molecule has 0 aliphatic carbocycles. The van der Waals surface area contributed by atoms with Gasteiger partial charge in [-0.15, -0.1) is 0 Å². The Morgan fingerprint density at radius 2 is 1.97 bits per heavy atom. The van der Waals surface area contributed by atoms with E-state index in [-0.39, 0.29) is 37.4 Å². The molecule has 5 rings (SSSR count). The van der Waals surface area contributed by atoms with Crippen molar-refractivity contribution in [1.29, 1.82) is 0 Å². The number of amidine groups is 1. The number of pyridine rings is 1. The number of hydrogen-bond donors (Lipinski definition) is 3. The molecule has 3 N–H and O–H groups in total. The summed E-state index contributed by atoms with van der Waals surface area (Å²) in [4.78, 5) is 8.52. The third kappa shape index (κ3) is 4.55. The maximum atomic E-state index is 15.0. The van der Waals surface area contributed by atoms with Gasteiger partial charge in [-0.25, -0.2) is 18.8 Å². The fourth-order valence-electron chi connectivity index (χ4n) is 3.84. The molecule has 186 valence electrons. The second-order valence-corrected chi connectivity index (χ2v) is 8.85. The predicted octanol–water partition coefficient (Wildman–Crippen LogP) is 4.77. The quantitative estimate of drug-likeness (QED) is 0.481. The monoisotopic (exact) mass is 494 g/mol. The zero-order valence-corrected chi connectivity index (χ0v) is 19.5. The summed E-state index contributed by atoms with van der Waals surface area (Å²) >= 11 is 0. The Morgan fingerprint density at radius 3 is 2.69 bits per heavy atom. The highest BCUT2D eigenvalue weighted by Crippen LogP contribution is 2.42. The van der Waals surface area contributed by atoms with Crippen LogP contribution in [0.15, 0.2) is 60.2 Å². The molecule has 1 atom stereocenters. The number of hydrogen-bond acceptors (Lipinski definition) is 8. The van der Waals surface area contributed by atoms with Crippen LogP contribution in [0.5, 0.6) is 17.2 Å². The zero-order valence-electron chi connectivity index (χ0n) is 19.5. The smallest absolute Gasteiger partial charge is 0.289 e. The van der Waals surface area contributed by atoms with E-state index in [0.29, 0.717) is 34.8 Å². The second-order valence-electron chi connectivity index (χ2n) is 8.85. The summed E-state index contributed by atoms with van der Waals surface area (Å²) in [6.45, 7) is 6.58. The minimum atomic E-state index is -0.923.